The van der Waals surface area contributed by atoms with Gasteiger partial charge in [0.05, 0.1) is 5.69 Å². The molecule has 0 spiro atoms. The molecular weight excluding hydrogens is 406 g/mol. The molecule has 7 aromatic rings. The summed E-state index contributed by atoms with van der Waals surface area (Å²) in [5.41, 5.74) is 8.83. The smallest absolute Gasteiger partial charge is 0.179 e. The van der Waals surface area contributed by atoms with E-state index in [9.17, 15) is 0 Å². The Bertz CT molecular complexity index is 1820. The molecule has 156 valence electrons. The minimum Gasteiger partial charge on any atom is -0.452 e. The molecule has 3 heteroatoms. The van der Waals surface area contributed by atoms with E-state index in [2.05, 4.69) is 60.4 Å². The first kappa shape index (κ1) is 18.2. The molecule has 0 unspecified atom stereocenters. The predicted molar refractivity (Wildman–Crippen MR) is 134 cm³/mol. The number of fused-ring (bicyclic) bond motifs is 7. The largest absolute Gasteiger partial charge is 0.452 e. The normalized spacial score (nSPS) is 11.8. The second-order valence-electron chi connectivity index (χ2n) is 8.40. The van der Waals surface area contributed by atoms with E-state index in [1.165, 1.54) is 5.56 Å². The van der Waals surface area contributed by atoms with Gasteiger partial charge in [0.15, 0.2) is 11.2 Å². The Morgan fingerprint density at radius 1 is 0.606 bits per heavy atom. The molecule has 0 saturated carbocycles. The van der Waals surface area contributed by atoms with Crippen LogP contribution in [0, 0.1) is 6.92 Å². The number of hydrogen-bond donors (Lipinski definition) is 0. The van der Waals surface area contributed by atoms with Crippen molar-refractivity contribution in [3.8, 4) is 22.4 Å². The highest BCUT2D eigenvalue weighted by Crippen LogP contribution is 2.46. The molecule has 4 aromatic carbocycles. The van der Waals surface area contributed by atoms with Crippen LogP contribution < -0.4 is 0 Å². The minimum absolute atomic E-state index is 0.793. The van der Waals surface area contributed by atoms with Crippen molar-refractivity contribution < 1.29 is 8.83 Å². The van der Waals surface area contributed by atoms with Crippen LogP contribution in [0.1, 0.15) is 5.56 Å². The zero-order valence-corrected chi connectivity index (χ0v) is 18.0. The maximum absolute atomic E-state index is 6.42. The van der Waals surface area contributed by atoms with Gasteiger partial charge in [0.1, 0.15) is 11.2 Å². The lowest BCUT2D eigenvalue weighted by molar-refractivity contribution is 0.633. The molecule has 0 aliphatic heterocycles. The number of aromatic nitrogens is 1. The van der Waals surface area contributed by atoms with Crippen LogP contribution >= 0.6 is 0 Å². The fraction of sp³-hybridized carbons (Fsp3) is 0.0333. The summed E-state index contributed by atoms with van der Waals surface area (Å²) in [7, 11) is 0. The quantitative estimate of drug-likeness (QED) is 0.279. The summed E-state index contributed by atoms with van der Waals surface area (Å²) in [6, 6.07) is 31.0. The van der Waals surface area contributed by atoms with E-state index in [4.69, 9.17) is 8.83 Å². The third-order valence-corrected chi connectivity index (χ3v) is 6.52. The van der Waals surface area contributed by atoms with E-state index in [1.807, 2.05) is 48.7 Å². The maximum atomic E-state index is 6.42. The first-order valence-electron chi connectivity index (χ1n) is 11.1. The van der Waals surface area contributed by atoms with Gasteiger partial charge in [0.25, 0.3) is 0 Å². The van der Waals surface area contributed by atoms with Crippen molar-refractivity contribution >= 4 is 43.9 Å². The summed E-state index contributed by atoms with van der Waals surface area (Å²) in [6.07, 6.45) is 1.89. The SMILES string of the molecule is Cc1c(-c2ccnc(-c3ccccc3)c2)c2c3ccccc3oc2c2oc3ccccc3c12. The molecule has 3 nitrogen and oxygen atoms in total. The van der Waals surface area contributed by atoms with Crippen molar-refractivity contribution in [1.29, 1.82) is 0 Å². The highest BCUT2D eigenvalue weighted by Gasteiger charge is 2.23. The van der Waals surface area contributed by atoms with Gasteiger partial charge in [-0.3, -0.25) is 4.98 Å². The van der Waals surface area contributed by atoms with Gasteiger partial charge in [0, 0.05) is 33.3 Å². The average Bonchev–Trinajstić information content (AvgIpc) is 3.44. The molecule has 3 heterocycles. The van der Waals surface area contributed by atoms with Gasteiger partial charge in [-0.25, -0.2) is 0 Å². The van der Waals surface area contributed by atoms with Gasteiger partial charge in [-0.1, -0.05) is 66.7 Å². The van der Waals surface area contributed by atoms with Crippen LogP contribution in [-0.4, -0.2) is 4.98 Å². The van der Waals surface area contributed by atoms with Crippen molar-refractivity contribution in [3.63, 3.8) is 0 Å². The number of aryl methyl sites for hydroxylation is 1. The van der Waals surface area contributed by atoms with Crippen LogP contribution in [0.15, 0.2) is 106 Å². The number of para-hydroxylation sites is 2. The average molecular weight is 425 g/mol. The highest BCUT2D eigenvalue weighted by molar-refractivity contribution is 6.25. The Kier molecular flexibility index (Phi) is 3.76. The lowest BCUT2D eigenvalue weighted by Crippen LogP contribution is -1.90. The molecular formula is C30H19NO2. The Balaban J connectivity index is 1.66. The second kappa shape index (κ2) is 6.81. The van der Waals surface area contributed by atoms with Crippen LogP contribution in [-0.2, 0) is 0 Å². The molecule has 0 N–H and O–H groups in total. The van der Waals surface area contributed by atoms with E-state index in [1.54, 1.807) is 0 Å². The molecule has 0 aliphatic rings. The Morgan fingerprint density at radius 3 is 1.94 bits per heavy atom. The van der Waals surface area contributed by atoms with Crippen molar-refractivity contribution in [2.75, 3.05) is 0 Å². The molecule has 0 amide bonds. The zero-order chi connectivity index (χ0) is 21.9. The molecule has 7 rings (SSSR count). The van der Waals surface area contributed by atoms with Crippen molar-refractivity contribution in [1.82, 2.24) is 4.98 Å². The first-order chi connectivity index (χ1) is 16.3. The zero-order valence-electron chi connectivity index (χ0n) is 18.0. The number of hydrogen-bond acceptors (Lipinski definition) is 3. The summed E-state index contributed by atoms with van der Waals surface area (Å²) in [4.78, 5) is 4.66. The maximum Gasteiger partial charge on any atom is 0.179 e. The fourth-order valence-corrected chi connectivity index (χ4v) is 5.06. The first-order valence-corrected chi connectivity index (χ1v) is 11.1. The molecule has 0 radical (unpaired) electrons. The van der Waals surface area contributed by atoms with Gasteiger partial charge in [-0.05, 0) is 47.9 Å². The van der Waals surface area contributed by atoms with Crippen LogP contribution in [0.5, 0.6) is 0 Å². The van der Waals surface area contributed by atoms with E-state index in [0.717, 1.165) is 66.3 Å². The third kappa shape index (κ3) is 2.60. The van der Waals surface area contributed by atoms with Crippen LogP contribution in [0.3, 0.4) is 0 Å². The summed E-state index contributed by atoms with van der Waals surface area (Å²) in [6.45, 7) is 2.18. The van der Waals surface area contributed by atoms with Gasteiger partial charge in [-0.2, -0.15) is 0 Å². The molecule has 0 aliphatic carbocycles. The molecule has 0 saturated heterocycles. The molecule has 33 heavy (non-hydrogen) atoms. The van der Waals surface area contributed by atoms with E-state index in [-0.39, 0.29) is 0 Å². The van der Waals surface area contributed by atoms with E-state index >= 15 is 0 Å². The predicted octanol–water partition coefficient (Wildman–Crippen LogP) is 8.52. The monoisotopic (exact) mass is 425 g/mol. The fourth-order valence-electron chi connectivity index (χ4n) is 5.06. The lowest BCUT2D eigenvalue weighted by atomic mass is 9.91. The van der Waals surface area contributed by atoms with Gasteiger partial charge in [0.2, 0.25) is 0 Å². The van der Waals surface area contributed by atoms with Crippen LogP contribution in [0.4, 0.5) is 0 Å². The standard InChI is InChI=1S/C30H19NO2/c1-18-26(20-15-16-31-23(17-20)19-9-3-2-4-10-19)28-22-12-6-8-14-25(22)33-30(28)29-27(18)21-11-5-7-13-24(21)32-29/h2-17H,1H3. The third-order valence-electron chi connectivity index (χ3n) is 6.52. The van der Waals surface area contributed by atoms with Gasteiger partial charge < -0.3 is 8.83 Å². The number of rotatable bonds is 2. The van der Waals surface area contributed by atoms with Crippen LogP contribution in [0.25, 0.3) is 66.3 Å². The number of furan rings is 2. The topological polar surface area (TPSA) is 39.2 Å². The lowest BCUT2D eigenvalue weighted by Gasteiger charge is -2.11. The number of benzene rings is 4. The van der Waals surface area contributed by atoms with E-state index < -0.39 is 0 Å². The van der Waals surface area contributed by atoms with Crippen molar-refractivity contribution in [2.24, 2.45) is 0 Å². The Labute approximate surface area is 189 Å². The Morgan fingerprint density at radius 2 is 1.21 bits per heavy atom. The van der Waals surface area contributed by atoms with Crippen molar-refractivity contribution in [3.05, 3.63) is 103 Å². The van der Waals surface area contributed by atoms with Crippen LogP contribution in [0.2, 0.25) is 0 Å². The summed E-state index contributed by atoms with van der Waals surface area (Å²) >= 11 is 0. The summed E-state index contributed by atoms with van der Waals surface area (Å²) in [5, 5.41) is 4.38. The minimum atomic E-state index is 0.793. The van der Waals surface area contributed by atoms with Crippen molar-refractivity contribution in [2.45, 2.75) is 6.92 Å². The number of nitrogens with zero attached hydrogens (tertiary/aromatic N) is 1. The highest BCUT2D eigenvalue weighted by atomic mass is 16.4. The molecule has 0 bridgehead atoms. The van der Waals surface area contributed by atoms with Gasteiger partial charge >= 0.3 is 0 Å². The Hall–Kier alpha value is -4.37. The molecule has 3 aromatic heterocycles. The second-order valence-corrected chi connectivity index (χ2v) is 8.40. The number of pyridine rings is 1. The molecule has 0 fully saturated rings. The summed E-state index contributed by atoms with van der Waals surface area (Å²) < 4.78 is 12.8. The summed E-state index contributed by atoms with van der Waals surface area (Å²) in [5.74, 6) is 0. The van der Waals surface area contributed by atoms with Gasteiger partial charge in [-0.15, -0.1) is 0 Å². The van der Waals surface area contributed by atoms with E-state index in [0.29, 0.717) is 0 Å². The molecule has 0 atom stereocenters.